The molecule has 2 saturated heterocycles. The number of aliphatic imine (C=N–C) groups is 1. The van der Waals surface area contributed by atoms with E-state index < -0.39 is 17.7 Å². The fraction of sp³-hybridized carbons (Fsp3) is 0.500. The Morgan fingerprint density at radius 1 is 1.31 bits per heavy atom. The molecule has 0 aliphatic carbocycles. The molecule has 3 rings (SSSR count). The summed E-state index contributed by atoms with van der Waals surface area (Å²) in [4.78, 5) is 36.5. The van der Waals surface area contributed by atoms with Crippen molar-refractivity contribution in [2.75, 3.05) is 24.5 Å². The minimum absolute atomic E-state index is 0.0857. The van der Waals surface area contributed by atoms with Crippen LogP contribution in [-0.4, -0.2) is 70.8 Å². The van der Waals surface area contributed by atoms with Crippen LogP contribution in [0.4, 0.5) is 5.69 Å². The molecule has 2 aliphatic rings. The normalized spacial score (nSPS) is 20.6. The molecule has 36 heavy (non-hydrogen) atoms. The summed E-state index contributed by atoms with van der Waals surface area (Å²) < 4.78 is 0. The SMILES string of the molecule is C=N/C=C(\C=C/C)C(C(=O)N1CC(C)(O)C1)N(C(=O)[C@H]1CCCN1C#N)c1ccc(C(C)(C)C)cc1. The lowest BCUT2D eigenvalue weighted by Crippen LogP contribution is -2.66. The van der Waals surface area contributed by atoms with Crippen LogP contribution in [0.2, 0.25) is 0 Å². The molecule has 0 bridgehead atoms. The van der Waals surface area contributed by atoms with E-state index in [0.717, 1.165) is 12.0 Å². The standard InChI is InChI=1S/C28H37N5O3/c1-7-9-20(16-30-6)24(26(35)32-17-28(5,36)18-32)33(25(34)23-10-8-15-31(23)19-29)22-13-11-21(12-14-22)27(2,3)4/h7,9,11-14,16,23-24,36H,6,8,10,15,17-18H2,1-5H3/b9-7-,20-16+/t23-,24?/m1/s1. The number of β-amino-alcohol motifs (C(OH)–C–C–N with tert-alkyl or cyclic N) is 1. The molecular weight excluding hydrogens is 454 g/mol. The second-order valence-electron chi connectivity index (χ2n) is 10.9. The molecule has 8 heteroatoms. The molecule has 0 radical (unpaired) electrons. The molecule has 2 aliphatic heterocycles. The van der Waals surface area contributed by atoms with Gasteiger partial charge in [0.15, 0.2) is 6.19 Å². The van der Waals surface area contributed by atoms with Crippen LogP contribution in [0.5, 0.6) is 0 Å². The maximum Gasteiger partial charge on any atom is 0.251 e. The third-order valence-electron chi connectivity index (χ3n) is 6.70. The summed E-state index contributed by atoms with van der Waals surface area (Å²) in [5.41, 5.74) is 1.10. The predicted molar refractivity (Wildman–Crippen MR) is 141 cm³/mol. The Labute approximate surface area is 214 Å². The van der Waals surface area contributed by atoms with Gasteiger partial charge in [-0.3, -0.25) is 24.4 Å². The van der Waals surface area contributed by atoms with E-state index in [0.29, 0.717) is 24.2 Å². The van der Waals surface area contributed by atoms with E-state index in [1.54, 1.807) is 24.0 Å². The zero-order valence-electron chi connectivity index (χ0n) is 21.9. The number of carbonyl (C=O) groups is 2. The number of anilines is 1. The molecule has 1 unspecified atom stereocenters. The summed E-state index contributed by atoms with van der Waals surface area (Å²) in [5.74, 6) is -0.632. The van der Waals surface area contributed by atoms with Crippen molar-refractivity contribution in [3.63, 3.8) is 0 Å². The lowest BCUT2D eigenvalue weighted by atomic mass is 9.87. The van der Waals surface area contributed by atoms with Gasteiger partial charge in [-0.1, -0.05) is 45.1 Å². The quantitative estimate of drug-likeness (QED) is 0.358. The summed E-state index contributed by atoms with van der Waals surface area (Å²) in [6.07, 6.45) is 8.41. The van der Waals surface area contributed by atoms with Gasteiger partial charge in [0, 0.05) is 24.0 Å². The van der Waals surface area contributed by atoms with Gasteiger partial charge in [0.1, 0.15) is 12.1 Å². The highest BCUT2D eigenvalue weighted by molar-refractivity contribution is 6.05. The number of nitrogens with zero attached hydrogens (tertiary/aromatic N) is 5. The summed E-state index contributed by atoms with van der Waals surface area (Å²) in [5, 5.41) is 19.9. The van der Waals surface area contributed by atoms with Crippen molar-refractivity contribution < 1.29 is 14.7 Å². The molecule has 2 amide bonds. The van der Waals surface area contributed by atoms with Crippen molar-refractivity contribution >= 4 is 24.2 Å². The third kappa shape index (κ3) is 5.68. The van der Waals surface area contributed by atoms with Crippen molar-refractivity contribution in [3.05, 3.63) is 53.8 Å². The summed E-state index contributed by atoms with van der Waals surface area (Å²) in [6.45, 7) is 14.2. The molecule has 2 heterocycles. The molecule has 8 nitrogen and oxygen atoms in total. The van der Waals surface area contributed by atoms with Gasteiger partial charge < -0.3 is 10.0 Å². The van der Waals surface area contributed by atoms with Crippen LogP contribution in [0.15, 0.2) is 53.2 Å². The zero-order chi connectivity index (χ0) is 26.7. The smallest absolute Gasteiger partial charge is 0.251 e. The van der Waals surface area contributed by atoms with Gasteiger partial charge in [0.05, 0.1) is 18.7 Å². The average Bonchev–Trinajstić information content (AvgIpc) is 3.28. The Kier molecular flexibility index (Phi) is 8.05. The largest absolute Gasteiger partial charge is 0.386 e. The number of benzene rings is 1. The number of hydrogen-bond acceptors (Lipinski definition) is 6. The maximum atomic E-state index is 14.1. The Morgan fingerprint density at radius 2 is 1.94 bits per heavy atom. The van der Waals surface area contributed by atoms with E-state index in [4.69, 9.17) is 0 Å². The number of nitriles is 1. The Bertz CT molecular complexity index is 1080. The molecule has 0 saturated carbocycles. The third-order valence-corrected chi connectivity index (χ3v) is 6.70. The number of amides is 2. The molecule has 0 spiro atoms. The molecule has 2 fully saturated rings. The van der Waals surface area contributed by atoms with Crippen LogP contribution in [-0.2, 0) is 15.0 Å². The van der Waals surface area contributed by atoms with Gasteiger partial charge in [-0.2, -0.15) is 5.26 Å². The topological polar surface area (TPSA) is 100 Å². The van der Waals surface area contributed by atoms with Crippen molar-refractivity contribution in [3.8, 4) is 6.19 Å². The van der Waals surface area contributed by atoms with Crippen LogP contribution in [0.25, 0.3) is 0 Å². The lowest BCUT2D eigenvalue weighted by molar-refractivity contribution is -0.153. The Balaban J connectivity index is 2.16. The van der Waals surface area contributed by atoms with E-state index in [9.17, 15) is 20.0 Å². The van der Waals surface area contributed by atoms with Crippen molar-refractivity contribution in [2.45, 2.75) is 70.6 Å². The van der Waals surface area contributed by atoms with Crippen LogP contribution in [0.3, 0.4) is 0 Å². The highest BCUT2D eigenvalue weighted by Crippen LogP contribution is 2.32. The van der Waals surface area contributed by atoms with Gasteiger partial charge in [-0.05, 0) is 56.5 Å². The highest BCUT2D eigenvalue weighted by Gasteiger charge is 2.46. The first-order chi connectivity index (χ1) is 16.9. The number of carbonyl (C=O) groups excluding carboxylic acids is 2. The minimum Gasteiger partial charge on any atom is -0.386 e. The molecule has 2 atom stereocenters. The fourth-order valence-corrected chi connectivity index (χ4v) is 4.84. The van der Waals surface area contributed by atoms with Gasteiger partial charge in [0.25, 0.3) is 11.8 Å². The number of allylic oxidation sites excluding steroid dienone is 1. The maximum absolute atomic E-state index is 14.1. The molecule has 192 valence electrons. The van der Waals surface area contributed by atoms with Gasteiger partial charge in [0.2, 0.25) is 0 Å². The van der Waals surface area contributed by atoms with Crippen molar-refractivity contribution in [2.24, 2.45) is 4.99 Å². The minimum atomic E-state index is -1.03. The Morgan fingerprint density at radius 3 is 2.44 bits per heavy atom. The molecule has 1 aromatic carbocycles. The monoisotopic (exact) mass is 491 g/mol. The second kappa shape index (κ2) is 10.7. The molecular formula is C28H37N5O3. The Hall–Kier alpha value is -3.44. The van der Waals surface area contributed by atoms with Crippen molar-refractivity contribution in [1.29, 1.82) is 5.26 Å². The van der Waals surface area contributed by atoms with Crippen LogP contribution >= 0.6 is 0 Å². The summed E-state index contributed by atoms with van der Waals surface area (Å²) in [7, 11) is 0. The number of hydrogen-bond donors (Lipinski definition) is 1. The molecule has 1 N–H and O–H groups in total. The van der Waals surface area contributed by atoms with E-state index in [-0.39, 0.29) is 30.3 Å². The van der Waals surface area contributed by atoms with Gasteiger partial charge >= 0.3 is 0 Å². The first kappa shape index (κ1) is 27.2. The fourth-order valence-electron chi connectivity index (χ4n) is 4.84. The van der Waals surface area contributed by atoms with E-state index in [1.807, 2.05) is 31.2 Å². The lowest BCUT2D eigenvalue weighted by Gasteiger charge is -2.47. The number of aliphatic hydroxyl groups is 1. The van der Waals surface area contributed by atoms with E-state index in [2.05, 4.69) is 38.7 Å². The number of rotatable bonds is 7. The zero-order valence-corrected chi connectivity index (χ0v) is 21.9. The van der Waals surface area contributed by atoms with Gasteiger partial charge in [-0.25, -0.2) is 0 Å². The molecule has 1 aromatic rings. The number of likely N-dealkylation sites (tertiary alicyclic amines) is 2. The van der Waals surface area contributed by atoms with E-state index in [1.165, 1.54) is 16.0 Å². The van der Waals surface area contributed by atoms with Crippen LogP contribution in [0, 0.1) is 11.5 Å². The van der Waals surface area contributed by atoms with Gasteiger partial charge in [-0.15, -0.1) is 0 Å². The highest BCUT2D eigenvalue weighted by atomic mass is 16.3. The summed E-state index contributed by atoms with van der Waals surface area (Å²) in [6, 6.07) is 5.95. The first-order valence-electron chi connectivity index (χ1n) is 12.3. The molecule has 0 aromatic heterocycles. The van der Waals surface area contributed by atoms with E-state index >= 15 is 0 Å². The first-order valence-corrected chi connectivity index (χ1v) is 12.3. The predicted octanol–water partition coefficient (Wildman–Crippen LogP) is 3.38. The van der Waals surface area contributed by atoms with Crippen LogP contribution < -0.4 is 4.90 Å². The average molecular weight is 492 g/mol. The second-order valence-corrected chi connectivity index (χ2v) is 10.9. The summed E-state index contributed by atoms with van der Waals surface area (Å²) >= 11 is 0. The van der Waals surface area contributed by atoms with Crippen LogP contribution in [0.1, 0.15) is 53.0 Å². The van der Waals surface area contributed by atoms with Crippen molar-refractivity contribution in [1.82, 2.24) is 9.80 Å².